The van der Waals surface area contributed by atoms with Gasteiger partial charge in [-0.1, -0.05) is 49.6 Å². The van der Waals surface area contributed by atoms with E-state index in [1.807, 2.05) is 19.5 Å². The largest absolute Gasteiger partial charge is 0.439 e. The molecule has 9 heteroatoms. The molecule has 1 aromatic carbocycles. The summed E-state index contributed by atoms with van der Waals surface area (Å²) in [5.41, 5.74) is 7.07. The van der Waals surface area contributed by atoms with E-state index in [0.29, 0.717) is 22.2 Å². The fourth-order valence-corrected chi connectivity index (χ4v) is 8.84. The number of hydrogen-bond donors (Lipinski definition) is 1. The maximum absolute atomic E-state index is 13.2. The molecule has 2 fully saturated rings. The lowest BCUT2D eigenvalue weighted by atomic mass is 9.76. The maximum Gasteiger partial charge on any atom is 0.270 e. The summed E-state index contributed by atoms with van der Waals surface area (Å²) in [6.45, 7) is 3.45. The minimum absolute atomic E-state index is 0.0317. The first kappa shape index (κ1) is 30.4. The lowest BCUT2D eigenvalue weighted by Crippen LogP contribution is -2.43. The highest BCUT2D eigenvalue weighted by atomic mass is 32.1. The van der Waals surface area contributed by atoms with Crippen LogP contribution in [0.15, 0.2) is 67.6 Å². The molecule has 5 aliphatic rings. The molecule has 2 bridgehead atoms. The van der Waals surface area contributed by atoms with Crippen LogP contribution in [-0.2, 0) is 6.42 Å². The van der Waals surface area contributed by atoms with Crippen molar-refractivity contribution in [3.05, 3.63) is 85.6 Å². The molecular weight excluding hydrogens is 607 g/mol. The minimum Gasteiger partial charge on any atom is -0.439 e. The zero-order valence-electron chi connectivity index (χ0n) is 27.4. The van der Waals surface area contributed by atoms with E-state index in [0.717, 1.165) is 98.7 Å². The van der Waals surface area contributed by atoms with Crippen molar-refractivity contribution in [3.8, 4) is 11.1 Å². The topological polar surface area (TPSA) is 83.1 Å². The highest BCUT2D eigenvalue weighted by molar-refractivity contribution is 7.17. The summed E-state index contributed by atoms with van der Waals surface area (Å²) in [6.07, 6.45) is 14.5. The number of piperazine rings is 1. The number of amides is 1. The maximum atomic E-state index is 13.2. The fourth-order valence-electron chi connectivity index (χ4n) is 7.93. The third kappa shape index (κ3) is 5.67. The summed E-state index contributed by atoms with van der Waals surface area (Å²) in [5.74, 6) is 0.727. The van der Waals surface area contributed by atoms with E-state index in [-0.39, 0.29) is 16.9 Å². The molecule has 1 N–H and O–H groups in total. The van der Waals surface area contributed by atoms with Crippen LogP contribution in [0.1, 0.15) is 73.5 Å². The van der Waals surface area contributed by atoms with E-state index in [2.05, 4.69) is 57.3 Å². The number of hydrogen-bond acceptors (Lipinski definition) is 7. The monoisotopic (exact) mass is 649 g/mol. The van der Waals surface area contributed by atoms with Crippen molar-refractivity contribution in [2.24, 2.45) is 4.99 Å². The summed E-state index contributed by atoms with van der Waals surface area (Å²) in [6, 6.07) is 12.8. The van der Waals surface area contributed by atoms with Crippen LogP contribution in [0, 0.1) is 0 Å². The third-order valence-corrected chi connectivity index (χ3v) is 11.4. The van der Waals surface area contributed by atoms with Gasteiger partial charge in [0.25, 0.3) is 5.91 Å². The Morgan fingerprint density at radius 1 is 1.11 bits per heavy atom. The highest BCUT2D eigenvalue weighted by Gasteiger charge is 2.38. The van der Waals surface area contributed by atoms with Gasteiger partial charge in [0.2, 0.25) is 5.43 Å². The predicted molar refractivity (Wildman–Crippen MR) is 189 cm³/mol. The number of nitrogens with zero attached hydrogens (tertiary/aromatic N) is 4. The zero-order chi connectivity index (χ0) is 32.1. The molecule has 1 unspecified atom stereocenters. The van der Waals surface area contributed by atoms with Crippen LogP contribution in [0.2, 0.25) is 0 Å². The first-order chi connectivity index (χ1) is 22.9. The van der Waals surface area contributed by atoms with Crippen molar-refractivity contribution in [3.63, 3.8) is 0 Å². The van der Waals surface area contributed by atoms with E-state index < -0.39 is 0 Å². The third-order valence-electron chi connectivity index (χ3n) is 10.4. The number of fused-ring (bicyclic) bond motifs is 1. The second-order valence-electron chi connectivity index (χ2n) is 14.0. The Hall–Kier alpha value is -3.95. The Kier molecular flexibility index (Phi) is 7.92. The van der Waals surface area contributed by atoms with Gasteiger partial charge in [-0.25, -0.2) is 0 Å². The zero-order valence-corrected chi connectivity index (χ0v) is 28.2. The van der Waals surface area contributed by atoms with Crippen LogP contribution in [0.5, 0.6) is 0 Å². The Morgan fingerprint density at radius 2 is 1.87 bits per heavy atom. The normalized spacial score (nSPS) is 20.6. The molecule has 4 aromatic rings. The number of benzene rings is 1. The molecule has 6 heterocycles. The van der Waals surface area contributed by atoms with Gasteiger partial charge in [0.05, 0.1) is 5.54 Å². The first-order valence-corrected chi connectivity index (χ1v) is 18.1. The molecule has 2 aliphatic carbocycles. The lowest BCUT2D eigenvalue weighted by Gasteiger charge is -2.35. The highest BCUT2D eigenvalue weighted by Crippen LogP contribution is 2.40. The van der Waals surface area contributed by atoms with Crippen molar-refractivity contribution >= 4 is 39.5 Å². The van der Waals surface area contributed by atoms with Crippen molar-refractivity contribution in [1.29, 1.82) is 0 Å². The van der Waals surface area contributed by atoms with Gasteiger partial charge in [0.15, 0.2) is 11.5 Å². The van der Waals surface area contributed by atoms with Crippen molar-refractivity contribution in [2.45, 2.75) is 69.4 Å². The molecule has 3 aromatic heterocycles. The van der Waals surface area contributed by atoms with E-state index in [4.69, 9.17) is 9.41 Å². The molecule has 244 valence electrons. The smallest absolute Gasteiger partial charge is 0.270 e. The lowest BCUT2D eigenvalue weighted by molar-refractivity contribution is 0.0814. The van der Waals surface area contributed by atoms with E-state index in [1.165, 1.54) is 35.3 Å². The Bertz CT molecular complexity index is 2040. The average Bonchev–Trinajstić information content (AvgIpc) is 3.79. The minimum atomic E-state index is -0.165. The van der Waals surface area contributed by atoms with Gasteiger partial charge in [0, 0.05) is 75.0 Å². The SMILES string of the molecule is CN(C)C(=O)c1cc2c(n1C1CCCC1)=NC1(CCCCc3ccc(-c4csc5c(=O)cc(N6CCNCC6)oc45)cc3)C=C(C=2)C1. The van der Waals surface area contributed by atoms with Gasteiger partial charge in [-0.2, -0.15) is 0 Å². The number of carbonyl (C=O) groups is 1. The molecule has 9 rings (SSSR count). The molecule has 0 radical (unpaired) electrons. The number of thiophene rings is 1. The molecule has 8 nitrogen and oxygen atoms in total. The molecule has 1 saturated carbocycles. The van der Waals surface area contributed by atoms with Crippen LogP contribution in [0.4, 0.5) is 5.88 Å². The quantitative estimate of drug-likeness (QED) is 0.244. The van der Waals surface area contributed by atoms with Crippen LogP contribution in [-0.4, -0.2) is 61.2 Å². The van der Waals surface area contributed by atoms with Crippen LogP contribution in [0.25, 0.3) is 27.5 Å². The Labute approximate surface area is 279 Å². The van der Waals surface area contributed by atoms with Crippen LogP contribution < -0.4 is 26.4 Å². The molecule has 1 amide bonds. The fraction of sp³-hybridized carbons (Fsp3) is 0.447. The summed E-state index contributed by atoms with van der Waals surface area (Å²) in [4.78, 5) is 35.4. The summed E-state index contributed by atoms with van der Waals surface area (Å²) in [5, 5.41) is 6.51. The average molecular weight is 650 g/mol. The summed E-state index contributed by atoms with van der Waals surface area (Å²) < 4.78 is 9.32. The number of anilines is 1. The van der Waals surface area contributed by atoms with Crippen LogP contribution >= 0.6 is 11.3 Å². The number of carbonyl (C=O) groups excluding carboxylic acids is 1. The molecule has 1 saturated heterocycles. The molecule has 3 aliphatic heterocycles. The first-order valence-electron chi connectivity index (χ1n) is 17.2. The van der Waals surface area contributed by atoms with E-state index >= 15 is 0 Å². The second kappa shape index (κ2) is 12.3. The number of aromatic nitrogens is 1. The molecule has 0 spiro atoms. The molecule has 1 atom stereocenters. The predicted octanol–water partition coefficient (Wildman–Crippen LogP) is 5.45. The van der Waals surface area contributed by atoms with Gasteiger partial charge < -0.3 is 24.1 Å². The number of rotatable bonds is 9. The van der Waals surface area contributed by atoms with Gasteiger partial charge in [-0.15, -0.1) is 11.3 Å². The molecular formula is C38H43N5O3S. The van der Waals surface area contributed by atoms with Crippen LogP contribution in [0.3, 0.4) is 0 Å². The van der Waals surface area contributed by atoms with Crippen molar-refractivity contribution < 1.29 is 9.21 Å². The Balaban J connectivity index is 0.960. The second-order valence-corrected chi connectivity index (χ2v) is 14.8. The van der Waals surface area contributed by atoms with Crippen molar-refractivity contribution in [1.82, 2.24) is 14.8 Å². The number of aryl methyl sites for hydroxylation is 1. The van der Waals surface area contributed by atoms with Gasteiger partial charge in [-0.3, -0.25) is 14.6 Å². The van der Waals surface area contributed by atoms with Gasteiger partial charge in [0.1, 0.15) is 15.9 Å². The van der Waals surface area contributed by atoms with E-state index in [9.17, 15) is 9.59 Å². The standard InChI is InChI=1S/C38H43N5O3S/c1-41(2)37(45)31-20-28-19-26-22-38(23-26,40-36(28)43(31)29-8-3-4-9-29)14-6-5-7-25-10-12-27(13-11-25)30-24-47-35-32(44)21-33(46-34(30)35)42-17-15-39-16-18-42/h10-13,19-22,24,29,39H,3-9,14-18,23H2,1-2H3. The summed E-state index contributed by atoms with van der Waals surface area (Å²) >= 11 is 1.46. The molecule has 47 heavy (non-hydrogen) atoms. The van der Waals surface area contributed by atoms with Gasteiger partial charge >= 0.3 is 0 Å². The summed E-state index contributed by atoms with van der Waals surface area (Å²) in [7, 11) is 3.67. The van der Waals surface area contributed by atoms with E-state index in [1.54, 1.807) is 11.0 Å². The Morgan fingerprint density at radius 3 is 2.62 bits per heavy atom. The van der Waals surface area contributed by atoms with Gasteiger partial charge in [-0.05, 0) is 60.9 Å². The number of nitrogens with one attached hydrogen (secondary N) is 1. The number of unbranched alkanes of at least 4 members (excludes halogenated alkanes) is 1. The van der Waals surface area contributed by atoms with Crippen molar-refractivity contribution in [2.75, 3.05) is 45.2 Å².